The maximum absolute atomic E-state index is 11.8. The fourth-order valence-corrected chi connectivity index (χ4v) is 2.13. The number of aliphatic hydroxyl groups excluding tert-OH is 1. The summed E-state index contributed by atoms with van der Waals surface area (Å²) in [6, 6.07) is 0. The van der Waals surface area contributed by atoms with Gasteiger partial charge in [0.05, 0.1) is 5.75 Å². The Balaban J connectivity index is 2.87. The lowest BCUT2D eigenvalue weighted by Crippen LogP contribution is -2.20. The molecule has 17 heavy (non-hydrogen) atoms. The number of nitrogens with one attached hydrogen (secondary N) is 1. The van der Waals surface area contributed by atoms with Crippen molar-refractivity contribution in [1.82, 2.24) is 9.97 Å². The number of H-pyrrole nitrogens is 1. The minimum absolute atomic E-state index is 0.0261. The molecule has 0 aromatic carbocycles. The molecule has 0 bridgehead atoms. The fourth-order valence-electron chi connectivity index (χ4n) is 1.43. The van der Waals surface area contributed by atoms with Crippen molar-refractivity contribution in [1.29, 1.82) is 0 Å². The van der Waals surface area contributed by atoms with Gasteiger partial charge in [-0.15, -0.1) is 11.8 Å². The minimum atomic E-state index is -0.129. The Morgan fingerprint density at radius 1 is 1.41 bits per heavy atom. The van der Waals surface area contributed by atoms with E-state index in [1.807, 2.05) is 6.92 Å². The quantitative estimate of drug-likeness (QED) is 0.859. The summed E-state index contributed by atoms with van der Waals surface area (Å²) < 4.78 is 0.149. The first kappa shape index (κ1) is 14.3. The van der Waals surface area contributed by atoms with Gasteiger partial charge in [-0.25, -0.2) is 4.98 Å². The lowest BCUT2D eigenvalue weighted by atomic mass is 10.2. The molecule has 0 aliphatic carbocycles. The summed E-state index contributed by atoms with van der Waals surface area (Å²) in [5.74, 6) is 1.40. The maximum Gasteiger partial charge on any atom is 0.254 e. The standard InChI is InChI=1S/C12H20N2O2S/c1-8-9(5-6-15)11(16)14-10(13-8)7-17-12(2,3)4/h15H,5-7H2,1-4H3,(H,13,14,16). The predicted molar refractivity (Wildman–Crippen MR) is 71.4 cm³/mol. The van der Waals surface area contributed by atoms with E-state index in [0.717, 1.165) is 0 Å². The van der Waals surface area contributed by atoms with E-state index in [-0.39, 0.29) is 16.9 Å². The SMILES string of the molecule is Cc1nc(CSC(C)(C)C)[nH]c(=O)c1CCO. The first-order valence-corrected chi connectivity index (χ1v) is 6.65. The highest BCUT2D eigenvalue weighted by Crippen LogP contribution is 2.25. The molecule has 0 saturated carbocycles. The highest BCUT2D eigenvalue weighted by molar-refractivity contribution is 7.99. The molecule has 0 saturated heterocycles. The van der Waals surface area contributed by atoms with Crippen molar-refractivity contribution in [3.63, 3.8) is 0 Å². The zero-order valence-corrected chi connectivity index (χ0v) is 11.6. The number of aromatic nitrogens is 2. The van der Waals surface area contributed by atoms with Gasteiger partial charge < -0.3 is 10.1 Å². The molecular formula is C12H20N2O2S. The Morgan fingerprint density at radius 3 is 2.53 bits per heavy atom. The number of nitrogens with zero attached hydrogens (tertiary/aromatic N) is 1. The Kier molecular flexibility index (Phi) is 4.77. The minimum Gasteiger partial charge on any atom is -0.396 e. The number of aryl methyl sites for hydroxylation is 1. The Bertz CT molecular complexity index is 435. The van der Waals surface area contributed by atoms with Crippen LogP contribution in [0.1, 0.15) is 37.9 Å². The molecule has 0 aliphatic rings. The van der Waals surface area contributed by atoms with Gasteiger partial charge in [-0.1, -0.05) is 20.8 Å². The van der Waals surface area contributed by atoms with E-state index in [1.54, 1.807) is 11.8 Å². The third-order valence-electron chi connectivity index (χ3n) is 2.28. The second-order valence-electron chi connectivity index (χ2n) is 4.95. The summed E-state index contributed by atoms with van der Waals surface area (Å²) in [5, 5.41) is 8.86. The molecule has 0 aliphatic heterocycles. The van der Waals surface area contributed by atoms with Crippen molar-refractivity contribution in [3.05, 3.63) is 27.4 Å². The topological polar surface area (TPSA) is 66.0 Å². The molecule has 0 spiro atoms. The summed E-state index contributed by atoms with van der Waals surface area (Å²) in [6.07, 6.45) is 0.362. The van der Waals surface area contributed by atoms with E-state index in [0.29, 0.717) is 29.3 Å². The van der Waals surface area contributed by atoms with Crippen LogP contribution in [-0.4, -0.2) is 26.4 Å². The van der Waals surface area contributed by atoms with Gasteiger partial charge in [0.25, 0.3) is 5.56 Å². The van der Waals surface area contributed by atoms with Crippen molar-refractivity contribution in [3.8, 4) is 0 Å². The van der Waals surface area contributed by atoms with Crippen LogP contribution in [0.2, 0.25) is 0 Å². The van der Waals surface area contributed by atoms with E-state index >= 15 is 0 Å². The molecule has 2 N–H and O–H groups in total. The van der Waals surface area contributed by atoms with Crippen LogP contribution in [-0.2, 0) is 12.2 Å². The molecule has 5 heteroatoms. The van der Waals surface area contributed by atoms with Crippen LogP contribution >= 0.6 is 11.8 Å². The van der Waals surface area contributed by atoms with Crippen molar-refractivity contribution < 1.29 is 5.11 Å². The molecular weight excluding hydrogens is 236 g/mol. The number of hydrogen-bond acceptors (Lipinski definition) is 4. The smallest absolute Gasteiger partial charge is 0.254 e. The van der Waals surface area contributed by atoms with Crippen molar-refractivity contribution in [2.75, 3.05) is 6.61 Å². The summed E-state index contributed by atoms with van der Waals surface area (Å²) in [6.45, 7) is 8.17. The molecule has 0 atom stereocenters. The van der Waals surface area contributed by atoms with Crippen LogP contribution < -0.4 is 5.56 Å². The van der Waals surface area contributed by atoms with Crippen LogP contribution in [0.4, 0.5) is 0 Å². The Morgan fingerprint density at radius 2 is 2.06 bits per heavy atom. The third-order valence-corrected chi connectivity index (χ3v) is 3.56. The number of thioether (sulfide) groups is 1. The molecule has 96 valence electrons. The second-order valence-corrected chi connectivity index (χ2v) is 6.75. The van der Waals surface area contributed by atoms with E-state index < -0.39 is 0 Å². The normalized spacial score (nSPS) is 11.8. The molecule has 1 aromatic heterocycles. The van der Waals surface area contributed by atoms with Crippen LogP contribution in [0, 0.1) is 6.92 Å². The number of hydrogen-bond donors (Lipinski definition) is 2. The van der Waals surface area contributed by atoms with Crippen LogP contribution in [0.5, 0.6) is 0 Å². The van der Waals surface area contributed by atoms with Gasteiger partial charge in [-0.2, -0.15) is 0 Å². The van der Waals surface area contributed by atoms with E-state index in [4.69, 9.17) is 5.11 Å². The van der Waals surface area contributed by atoms with Gasteiger partial charge in [0.2, 0.25) is 0 Å². The van der Waals surface area contributed by atoms with Crippen LogP contribution in [0.3, 0.4) is 0 Å². The van der Waals surface area contributed by atoms with E-state index in [9.17, 15) is 4.79 Å². The average molecular weight is 256 g/mol. The zero-order chi connectivity index (χ0) is 13.1. The number of aliphatic hydroxyl groups is 1. The lowest BCUT2D eigenvalue weighted by Gasteiger charge is -2.17. The van der Waals surface area contributed by atoms with Gasteiger partial charge in [0.1, 0.15) is 5.82 Å². The molecule has 0 unspecified atom stereocenters. The summed E-state index contributed by atoms with van der Waals surface area (Å²) in [4.78, 5) is 18.9. The van der Waals surface area contributed by atoms with Crippen molar-refractivity contribution >= 4 is 11.8 Å². The number of rotatable bonds is 4. The van der Waals surface area contributed by atoms with Crippen molar-refractivity contribution in [2.45, 2.75) is 44.6 Å². The van der Waals surface area contributed by atoms with Gasteiger partial charge >= 0.3 is 0 Å². The number of aromatic amines is 1. The monoisotopic (exact) mass is 256 g/mol. The highest BCUT2D eigenvalue weighted by atomic mass is 32.2. The van der Waals surface area contributed by atoms with Gasteiger partial charge in [-0.3, -0.25) is 4.79 Å². The Hall–Kier alpha value is -0.810. The summed E-state index contributed by atoms with van der Waals surface area (Å²) >= 11 is 1.74. The van der Waals surface area contributed by atoms with Gasteiger partial charge in [0, 0.05) is 29.0 Å². The molecule has 0 radical (unpaired) electrons. The van der Waals surface area contributed by atoms with Gasteiger partial charge in [0.15, 0.2) is 0 Å². The van der Waals surface area contributed by atoms with Crippen LogP contribution in [0.15, 0.2) is 4.79 Å². The molecule has 1 heterocycles. The maximum atomic E-state index is 11.8. The summed E-state index contributed by atoms with van der Waals surface area (Å²) in [5.41, 5.74) is 1.17. The molecule has 4 nitrogen and oxygen atoms in total. The highest BCUT2D eigenvalue weighted by Gasteiger charge is 2.13. The Labute approximate surface area is 106 Å². The fraction of sp³-hybridized carbons (Fsp3) is 0.667. The average Bonchev–Trinajstić information content (AvgIpc) is 2.19. The third kappa shape index (κ3) is 4.52. The second kappa shape index (κ2) is 5.69. The largest absolute Gasteiger partial charge is 0.396 e. The molecule has 1 rings (SSSR count). The first-order chi connectivity index (χ1) is 7.83. The molecule has 1 aromatic rings. The molecule has 0 fully saturated rings. The predicted octanol–water partition coefficient (Wildman–Crippen LogP) is 1.64. The summed E-state index contributed by atoms with van der Waals surface area (Å²) in [7, 11) is 0. The molecule has 0 amide bonds. The first-order valence-electron chi connectivity index (χ1n) is 5.67. The zero-order valence-electron chi connectivity index (χ0n) is 10.8. The lowest BCUT2D eigenvalue weighted by molar-refractivity contribution is 0.298. The van der Waals surface area contributed by atoms with Crippen molar-refractivity contribution in [2.24, 2.45) is 0 Å². The van der Waals surface area contributed by atoms with E-state index in [1.165, 1.54) is 0 Å². The van der Waals surface area contributed by atoms with Crippen LogP contribution in [0.25, 0.3) is 0 Å². The van der Waals surface area contributed by atoms with Gasteiger partial charge in [-0.05, 0) is 6.92 Å². The van der Waals surface area contributed by atoms with E-state index in [2.05, 4.69) is 30.7 Å².